The molecule has 0 heterocycles. The lowest BCUT2D eigenvalue weighted by Crippen LogP contribution is -2.30. The van der Waals surface area contributed by atoms with Crippen LogP contribution in [0.1, 0.15) is 226 Å². The number of aliphatic hydroxyl groups excluding tert-OH is 1. The summed E-state index contributed by atoms with van der Waals surface area (Å²) in [6.45, 7) is 4.21. The van der Waals surface area contributed by atoms with E-state index >= 15 is 0 Å². The zero-order valence-corrected chi connectivity index (χ0v) is 53.2. The molecule has 0 aliphatic rings. The molecule has 0 aliphatic carbocycles. The highest BCUT2D eigenvalue weighted by Gasteiger charge is 2.28. The zero-order chi connectivity index (χ0) is 61.2. The van der Waals surface area contributed by atoms with Crippen molar-refractivity contribution in [3.63, 3.8) is 0 Å². The first-order valence-corrected chi connectivity index (χ1v) is 33.5. The molecule has 3 atom stereocenters. The molecule has 2 N–H and O–H groups in total. The third kappa shape index (κ3) is 61.4. The summed E-state index contributed by atoms with van der Waals surface area (Å²) in [6, 6.07) is 0. The number of hydrogen-bond donors (Lipinski definition) is 2. The molecule has 472 valence electrons. The van der Waals surface area contributed by atoms with Crippen molar-refractivity contribution in [1.82, 2.24) is 0 Å². The maximum atomic E-state index is 13.0. The van der Waals surface area contributed by atoms with Crippen molar-refractivity contribution in [2.45, 2.75) is 238 Å². The lowest BCUT2D eigenvalue weighted by atomic mass is 10.1. The number of phosphoric acid groups is 1. The molecule has 0 aromatic rings. The highest BCUT2D eigenvalue weighted by atomic mass is 31.2. The quantitative estimate of drug-likeness (QED) is 0.0197. The van der Waals surface area contributed by atoms with Gasteiger partial charge in [0.1, 0.15) is 12.7 Å². The Kier molecular flexibility index (Phi) is 59.9. The van der Waals surface area contributed by atoms with Crippen molar-refractivity contribution in [2.75, 3.05) is 26.4 Å². The molecule has 0 aliphatic heterocycles. The molecule has 84 heavy (non-hydrogen) atoms. The maximum Gasteiger partial charge on any atom is 0.472 e. The Morgan fingerprint density at radius 2 is 0.643 bits per heavy atom. The van der Waals surface area contributed by atoms with E-state index in [4.69, 9.17) is 23.3 Å². The Balaban J connectivity index is 4.91. The molecule has 0 aromatic carbocycles. The lowest BCUT2D eigenvalue weighted by molar-refractivity contribution is -0.161. The van der Waals surface area contributed by atoms with E-state index in [0.29, 0.717) is 32.1 Å². The number of allylic oxidation sites excluding steroid dienone is 28. The first-order chi connectivity index (χ1) is 41.2. The van der Waals surface area contributed by atoms with E-state index < -0.39 is 57.8 Å². The molecule has 0 bridgehead atoms. The first-order valence-electron chi connectivity index (χ1n) is 32.0. The van der Waals surface area contributed by atoms with Crippen LogP contribution in [-0.2, 0) is 42.2 Å². The molecule has 0 radical (unpaired) electrons. The standard InChI is InChI=1S/C72H113O11P/c1-4-7-10-13-16-19-22-25-28-31-34-37-40-43-46-49-52-55-58-61-70(74)79-65-69(83-72(76)63-60-57-54-51-48-45-42-39-36-33-30-27-24-21-18-15-12-9-6-3)67-81-84(77,78)80-66-68(64-73)82-71(75)62-59-56-53-50-47-44-41-38-35-32-29-26-23-20-17-14-11-8-5-2/h8-9,11-12,16-21,25-30,35-36,38-39,44-45,47-48,53-54,56-57,68-69,73H,4-7,10,13-15,22-24,31-34,37,40-43,46,49-52,55,58-67H2,1-3H3,(H,77,78)/b11-8-,12-9-,19-16-,20-17-,21-18-,28-25-,29-26-,30-27-,38-35-,39-36-,47-44-,48-45-,56-53-,57-54-. The van der Waals surface area contributed by atoms with Crippen molar-refractivity contribution >= 4 is 25.7 Å². The minimum Gasteiger partial charge on any atom is -0.462 e. The fourth-order valence-electron chi connectivity index (χ4n) is 7.85. The van der Waals surface area contributed by atoms with Crippen LogP contribution in [0, 0.1) is 0 Å². The van der Waals surface area contributed by atoms with Crippen LogP contribution < -0.4 is 0 Å². The summed E-state index contributed by atoms with van der Waals surface area (Å²) in [5.41, 5.74) is 0. The second-order valence-corrected chi connectivity index (χ2v) is 21.9. The van der Waals surface area contributed by atoms with Gasteiger partial charge in [0.2, 0.25) is 0 Å². The van der Waals surface area contributed by atoms with Gasteiger partial charge in [-0.2, -0.15) is 0 Å². The molecule has 0 amide bonds. The monoisotopic (exact) mass is 1180 g/mol. The van der Waals surface area contributed by atoms with Gasteiger partial charge in [0.25, 0.3) is 0 Å². The predicted molar refractivity (Wildman–Crippen MR) is 352 cm³/mol. The summed E-state index contributed by atoms with van der Waals surface area (Å²) in [5.74, 6) is -1.68. The average Bonchev–Trinajstić information content (AvgIpc) is 3.54. The molecule has 0 rings (SSSR count). The van der Waals surface area contributed by atoms with Crippen LogP contribution in [0.25, 0.3) is 0 Å². The predicted octanol–water partition coefficient (Wildman–Crippen LogP) is 19.8. The summed E-state index contributed by atoms with van der Waals surface area (Å²) >= 11 is 0. The van der Waals surface area contributed by atoms with Crippen molar-refractivity contribution in [2.24, 2.45) is 0 Å². The van der Waals surface area contributed by atoms with E-state index in [-0.39, 0.29) is 25.9 Å². The Hall–Kier alpha value is -5.16. The number of carbonyl (C=O) groups excluding carboxylic acids is 3. The van der Waals surface area contributed by atoms with Crippen LogP contribution in [0.2, 0.25) is 0 Å². The normalized spacial score (nSPS) is 14.4. The van der Waals surface area contributed by atoms with Gasteiger partial charge in [0, 0.05) is 19.3 Å². The summed E-state index contributed by atoms with van der Waals surface area (Å²) in [4.78, 5) is 48.7. The second-order valence-electron chi connectivity index (χ2n) is 20.5. The molecule has 12 heteroatoms. The van der Waals surface area contributed by atoms with Crippen molar-refractivity contribution < 1.29 is 52.2 Å². The first kappa shape index (κ1) is 78.8. The van der Waals surface area contributed by atoms with E-state index in [1.54, 1.807) is 0 Å². The molecular weight excluding hydrogens is 1070 g/mol. The van der Waals surface area contributed by atoms with Crippen molar-refractivity contribution in [3.05, 3.63) is 170 Å². The minimum absolute atomic E-state index is 0.0260. The van der Waals surface area contributed by atoms with Gasteiger partial charge < -0.3 is 24.2 Å². The molecule has 0 spiro atoms. The van der Waals surface area contributed by atoms with Crippen LogP contribution in [-0.4, -0.2) is 66.5 Å². The Bertz CT molecular complexity index is 2060. The maximum absolute atomic E-state index is 13.0. The third-order valence-electron chi connectivity index (χ3n) is 12.6. The Morgan fingerprint density at radius 3 is 1.00 bits per heavy atom. The molecule has 0 aromatic heterocycles. The van der Waals surface area contributed by atoms with Gasteiger partial charge in [-0.3, -0.25) is 23.4 Å². The number of phosphoric ester groups is 1. The van der Waals surface area contributed by atoms with Crippen LogP contribution in [0.4, 0.5) is 0 Å². The smallest absolute Gasteiger partial charge is 0.462 e. The van der Waals surface area contributed by atoms with Crippen molar-refractivity contribution in [3.8, 4) is 0 Å². The number of unbranched alkanes of at least 4 members (excludes halogenated alkanes) is 12. The second kappa shape index (κ2) is 63.9. The summed E-state index contributed by atoms with van der Waals surface area (Å²) in [5, 5.41) is 9.84. The number of hydrogen-bond acceptors (Lipinski definition) is 10. The largest absolute Gasteiger partial charge is 0.472 e. The molecule has 0 saturated heterocycles. The van der Waals surface area contributed by atoms with Crippen LogP contribution in [0.15, 0.2) is 170 Å². The third-order valence-corrected chi connectivity index (χ3v) is 13.6. The molecular formula is C72H113O11P. The van der Waals surface area contributed by atoms with Gasteiger partial charge in [-0.25, -0.2) is 4.57 Å². The zero-order valence-electron chi connectivity index (χ0n) is 52.3. The molecule has 0 saturated carbocycles. The number of esters is 3. The van der Waals surface area contributed by atoms with E-state index in [0.717, 1.165) is 96.3 Å². The van der Waals surface area contributed by atoms with Gasteiger partial charge in [0.05, 0.1) is 19.8 Å². The molecule has 3 unspecified atom stereocenters. The van der Waals surface area contributed by atoms with Crippen LogP contribution in [0.5, 0.6) is 0 Å². The number of carbonyl (C=O) groups is 3. The highest BCUT2D eigenvalue weighted by Crippen LogP contribution is 2.43. The molecule has 11 nitrogen and oxygen atoms in total. The number of aliphatic hydroxyl groups is 1. The minimum atomic E-state index is -4.81. The van der Waals surface area contributed by atoms with Gasteiger partial charge in [0.15, 0.2) is 6.10 Å². The lowest BCUT2D eigenvalue weighted by Gasteiger charge is -2.21. The van der Waals surface area contributed by atoms with E-state index in [9.17, 15) is 28.9 Å². The Labute approximate surface area is 510 Å². The number of rotatable bonds is 57. The fraction of sp³-hybridized carbons (Fsp3) is 0.569. The summed E-state index contributed by atoms with van der Waals surface area (Å²) < 4.78 is 39.5. The van der Waals surface area contributed by atoms with Gasteiger partial charge >= 0.3 is 25.7 Å². The van der Waals surface area contributed by atoms with Gasteiger partial charge in [-0.05, 0) is 128 Å². The van der Waals surface area contributed by atoms with E-state index in [2.05, 4.69) is 167 Å². The SMILES string of the molecule is CC/C=C\C/C=C\C/C=C\C/C=C\C/C=C\C/C=C\CCC(=O)OC(CO)COP(=O)(O)OCC(COC(=O)CCCCCCCCCCC/C=C\C/C=C\CCCCC)OC(=O)CC/C=C\C/C=C\C/C=C\C/C=C\C/C=C\C/C=C\CC. The van der Waals surface area contributed by atoms with Crippen LogP contribution in [0.3, 0.4) is 0 Å². The Morgan fingerprint density at radius 1 is 0.345 bits per heavy atom. The van der Waals surface area contributed by atoms with Gasteiger partial charge in [-0.1, -0.05) is 249 Å². The topological polar surface area (TPSA) is 155 Å². The fourth-order valence-corrected chi connectivity index (χ4v) is 8.63. The number of ether oxygens (including phenoxy) is 3. The van der Waals surface area contributed by atoms with E-state index in [1.807, 2.05) is 24.3 Å². The average molecular weight is 1190 g/mol. The van der Waals surface area contributed by atoms with Gasteiger partial charge in [-0.15, -0.1) is 0 Å². The summed E-state index contributed by atoms with van der Waals surface area (Å²) in [7, 11) is -4.81. The molecule has 0 fully saturated rings. The highest BCUT2D eigenvalue weighted by molar-refractivity contribution is 7.47. The summed E-state index contributed by atoms with van der Waals surface area (Å²) in [6.07, 6.45) is 86.2. The van der Waals surface area contributed by atoms with Crippen LogP contribution >= 0.6 is 7.82 Å². The van der Waals surface area contributed by atoms with Crippen molar-refractivity contribution in [1.29, 1.82) is 0 Å². The van der Waals surface area contributed by atoms with E-state index in [1.165, 1.54) is 57.8 Å².